The molecule has 0 atom stereocenters. The number of nitrogens with zero attached hydrogens (tertiary/aromatic N) is 4. The number of imidazole rings is 1. The normalized spacial score (nSPS) is 14.1. The molecule has 3 aromatic rings. The number of rotatable bonds is 7. The van der Waals surface area contributed by atoms with Crippen LogP contribution in [0.15, 0.2) is 22.8 Å². The zero-order valence-electron chi connectivity index (χ0n) is 25.4. The van der Waals surface area contributed by atoms with E-state index in [9.17, 15) is 35.9 Å². The Bertz CT molecular complexity index is 1370. The Balaban J connectivity index is 0.000000489. The second kappa shape index (κ2) is 17.0. The Kier molecular flexibility index (Phi) is 14.9. The van der Waals surface area contributed by atoms with Crippen LogP contribution in [0, 0.1) is 6.92 Å². The van der Waals surface area contributed by atoms with Crippen molar-refractivity contribution >= 4 is 38.7 Å². The highest BCUT2D eigenvalue weighted by Gasteiger charge is 2.48. The van der Waals surface area contributed by atoms with E-state index in [-0.39, 0.29) is 43.7 Å². The van der Waals surface area contributed by atoms with Gasteiger partial charge in [0.1, 0.15) is 11.5 Å². The fourth-order valence-corrected chi connectivity index (χ4v) is 3.37. The predicted molar refractivity (Wildman–Crippen MR) is 152 cm³/mol. The van der Waals surface area contributed by atoms with E-state index in [4.69, 9.17) is 20.4 Å². The first-order valence-electron chi connectivity index (χ1n) is 12.9. The van der Waals surface area contributed by atoms with E-state index in [1.165, 1.54) is 11.9 Å². The molecule has 0 saturated carbocycles. The molecular formula is C25H33B2F6N7O5. The summed E-state index contributed by atoms with van der Waals surface area (Å²) in [4.78, 5) is 31.4. The van der Waals surface area contributed by atoms with Gasteiger partial charge < -0.3 is 30.0 Å². The molecule has 1 aliphatic heterocycles. The van der Waals surface area contributed by atoms with E-state index >= 15 is 0 Å². The number of urea groups is 1. The maximum absolute atomic E-state index is 12.8. The number of carbonyl (C=O) groups is 2. The first-order valence-corrected chi connectivity index (χ1v) is 12.9. The molecule has 3 N–H and O–H groups in total. The molecule has 45 heavy (non-hydrogen) atoms. The van der Waals surface area contributed by atoms with E-state index in [0.717, 1.165) is 19.4 Å². The Morgan fingerprint density at radius 1 is 1.20 bits per heavy atom. The highest BCUT2D eigenvalue weighted by Crippen LogP contribution is 2.32. The molecule has 3 heterocycles. The molecule has 0 spiro atoms. The molecule has 246 valence electrons. The minimum Gasteiger partial charge on any atom is -0.388 e. The minimum absolute atomic E-state index is 0.129. The number of halogens is 6. The van der Waals surface area contributed by atoms with Gasteiger partial charge in [-0.05, 0) is 49.0 Å². The number of H-pyrrole nitrogens is 1. The summed E-state index contributed by atoms with van der Waals surface area (Å²) in [7, 11) is 16.6. The summed E-state index contributed by atoms with van der Waals surface area (Å²) in [6.45, 7) is 0.197. The molecule has 0 unspecified atom stereocenters. The van der Waals surface area contributed by atoms with Crippen LogP contribution in [0.25, 0.3) is 11.0 Å². The quantitative estimate of drug-likeness (QED) is 0.262. The fraction of sp³-hybridized carbons (Fsp3) is 0.560. The Morgan fingerprint density at radius 3 is 2.27 bits per heavy atom. The van der Waals surface area contributed by atoms with Crippen LogP contribution in [0.5, 0.6) is 0 Å². The average molecular weight is 647 g/mol. The van der Waals surface area contributed by atoms with Crippen molar-refractivity contribution in [2.45, 2.75) is 57.5 Å². The first kappa shape index (κ1) is 39.2. The Labute approximate surface area is 257 Å². The third-order valence-electron chi connectivity index (χ3n) is 5.79. The largest absolute Gasteiger partial charge is 0.416 e. The molecule has 1 aromatic carbocycles. The molecular weight excluding hydrogens is 614 g/mol. The summed E-state index contributed by atoms with van der Waals surface area (Å²) in [5, 5.41) is 10.6. The van der Waals surface area contributed by atoms with Crippen LogP contribution in [-0.4, -0.2) is 111 Å². The van der Waals surface area contributed by atoms with Gasteiger partial charge in [0, 0.05) is 40.8 Å². The summed E-state index contributed by atoms with van der Waals surface area (Å²) in [6.07, 6.45) is -4.24. The van der Waals surface area contributed by atoms with E-state index in [0.29, 0.717) is 22.6 Å². The number of hydrogen-bond donors (Lipinski definition) is 3. The van der Waals surface area contributed by atoms with E-state index < -0.39 is 23.8 Å². The standard InChI is InChI=1S/C17H19B2F3N4O2.C5H7N3O2.C2H6O.CHF3/c1-15(2,17(20,21)22)28-6-5-13-24-11-4-3-10(7-12(11)25-13)8-26-14(27)23-9-16(26,18)19;1-3-4(5(9)6-2)8-10-7-3;1-3-2;2-1(3)4/h3-4,7H,5-6,8-9H2,1-2H3,(H,23,27)(H,24,25);1-2H3,(H,6,9);1-2H3;1H. The van der Waals surface area contributed by atoms with Gasteiger partial charge in [-0.2, -0.15) is 26.3 Å². The summed E-state index contributed by atoms with van der Waals surface area (Å²) in [5.41, 5.74) is 0.656. The summed E-state index contributed by atoms with van der Waals surface area (Å²) in [5.74, 6) is 0.231. The molecule has 4 radical (unpaired) electrons. The summed E-state index contributed by atoms with van der Waals surface area (Å²) >= 11 is 0. The van der Waals surface area contributed by atoms with E-state index in [2.05, 4.69) is 40.3 Å². The number of aromatic amines is 1. The lowest BCUT2D eigenvalue weighted by Crippen LogP contribution is -2.47. The Hall–Kier alpha value is -3.80. The van der Waals surface area contributed by atoms with Gasteiger partial charge >= 0.3 is 18.9 Å². The molecule has 4 rings (SSSR count). The minimum atomic E-state index is -4.45. The second-order valence-corrected chi connectivity index (χ2v) is 9.81. The molecule has 1 aliphatic rings. The SMILES string of the molecule is CNC(=O)c1nonc1C.COC.FC(F)F.[B]C1([B])CNC(=O)N1Cc1ccc2nc(CCOC(C)(C)C(F)(F)F)[nH]c2c1. The number of ether oxygens (including phenoxy) is 2. The zero-order valence-corrected chi connectivity index (χ0v) is 25.4. The van der Waals surface area contributed by atoms with Gasteiger partial charge in [-0.25, -0.2) is 14.4 Å². The molecule has 0 bridgehead atoms. The third kappa shape index (κ3) is 12.3. The summed E-state index contributed by atoms with van der Waals surface area (Å²) < 4.78 is 81.0. The number of fused-ring (bicyclic) bond motifs is 1. The molecule has 2 aromatic heterocycles. The van der Waals surface area contributed by atoms with E-state index in [1.54, 1.807) is 39.3 Å². The van der Waals surface area contributed by atoms with Crippen LogP contribution >= 0.6 is 0 Å². The van der Waals surface area contributed by atoms with Gasteiger partial charge in [-0.3, -0.25) is 4.79 Å². The number of aromatic nitrogens is 4. The topological polar surface area (TPSA) is 148 Å². The molecule has 0 aliphatic carbocycles. The van der Waals surface area contributed by atoms with Gasteiger partial charge in [-0.1, -0.05) is 11.2 Å². The maximum atomic E-state index is 12.8. The van der Waals surface area contributed by atoms with E-state index in [1.807, 2.05) is 0 Å². The Morgan fingerprint density at radius 2 is 1.80 bits per heavy atom. The molecule has 1 saturated heterocycles. The van der Waals surface area contributed by atoms with Crippen LogP contribution in [0.3, 0.4) is 0 Å². The first-order chi connectivity index (χ1) is 20.8. The van der Waals surface area contributed by atoms with Crippen LogP contribution in [-0.2, 0) is 22.4 Å². The van der Waals surface area contributed by atoms with Gasteiger partial charge in [0.25, 0.3) is 5.91 Å². The van der Waals surface area contributed by atoms with Crippen molar-refractivity contribution < 1.29 is 50.0 Å². The number of aryl methyl sites for hydroxylation is 1. The predicted octanol–water partition coefficient (Wildman–Crippen LogP) is 3.16. The lowest BCUT2D eigenvalue weighted by atomic mass is 9.61. The number of hydrogen-bond acceptors (Lipinski definition) is 8. The molecule has 1 fully saturated rings. The number of nitrogens with one attached hydrogen (secondary N) is 3. The highest BCUT2D eigenvalue weighted by atomic mass is 19.4. The number of alkyl halides is 6. The lowest BCUT2D eigenvalue weighted by molar-refractivity contribution is -0.263. The number of carbonyl (C=O) groups excluding carboxylic acids is 2. The van der Waals surface area contributed by atoms with Gasteiger partial charge in [0.15, 0.2) is 11.3 Å². The van der Waals surface area contributed by atoms with Crippen molar-refractivity contribution in [1.82, 2.24) is 35.8 Å². The molecule has 12 nitrogen and oxygen atoms in total. The van der Waals surface area contributed by atoms with Crippen molar-refractivity contribution in [3.8, 4) is 0 Å². The highest BCUT2D eigenvalue weighted by molar-refractivity contribution is 6.41. The van der Waals surface area contributed by atoms with Crippen molar-refractivity contribution in [2.24, 2.45) is 0 Å². The average Bonchev–Trinajstić information content (AvgIpc) is 3.61. The molecule has 3 amide bonds. The van der Waals surface area contributed by atoms with Crippen LogP contribution in [0.2, 0.25) is 0 Å². The maximum Gasteiger partial charge on any atom is 0.416 e. The third-order valence-corrected chi connectivity index (χ3v) is 5.79. The van der Waals surface area contributed by atoms with Crippen molar-refractivity contribution in [2.75, 3.05) is 34.4 Å². The smallest absolute Gasteiger partial charge is 0.388 e. The number of amides is 3. The van der Waals surface area contributed by atoms with Gasteiger partial charge in [0.05, 0.1) is 33.3 Å². The fourth-order valence-electron chi connectivity index (χ4n) is 3.37. The summed E-state index contributed by atoms with van der Waals surface area (Å²) in [6, 6.07) is 5.00. The number of benzene rings is 1. The lowest BCUT2D eigenvalue weighted by Gasteiger charge is -2.31. The van der Waals surface area contributed by atoms with Crippen LogP contribution in [0.4, 0.5) is 31.1 Å². The van der Waals surface area contributed by atoms with Crippen molar-refractivity contribution in [3.05, 3.63) is 41.0 Å². The van der Waals surface area contributed by atoms with Crippen LogP contribution in [0.1, 0.15) is 41.4 Å². The van der Waals surface area contributed by atoms with Crippen molar-refractivity contribution in [1.29, 1.82) is 0 Å². The van der Waals surface area contributed by atoms with Gasteiger partial charge in [0.2, 0.25) is 0 Å². The second-order valence-electron chi connectivity index (χ2n) is 9.81. The number of methoxy groups -OCH3 is 1. The van der Waals surface area contributed by atoms with Crippen LogP contribution < -0.4 is 10.6 Å². The molecule has 20 heteroatoms. The van der Waals surface area contributed by atoms with Crippen molar-refractivity contribution in [3.63, 3.8) is 0 Å². The monoisotopic (exact) mass is 647 g/mol. The van der Waals surface area contributed by atoms with Gasteiger partial charge in [-0.15, -0.1) is 0 Å². The zero-order chi connectivity index (χ0) is 34.6.